The summed E-state index contributed by atoms with van der Waals surface area (Å²) in [6.45, 7) is 1.10. The molecule has 1 aliphatic heterocycles. The number of ether oxygens (including phenoxy) is 1. The second-order valence-electron chi connectivity index (χ2n) is 4.25. The van der Waals surface area contributed by atoms with Crippen molar-refractivity contribution in [3.63, 3.8) is 0 Å². The largest absolute Gasteiger partial charge is 0.389 e. The predicted molar refractivity (Wildman–Crippen MR) is 62.8 cm³/mol. The lowest BCUT2D eigenvalue weighted by atomic mass is 9.87. The maximum absolute atomic E-state index is 13.6. The molecule has 1 aliphatic rings. The average molecular weight is 289 g/mol. The molecule has 0 spiro atoms. The van der Waals surface area contributed by atoms with Gasteiger partial charge in [0.1, 0.15) is 5.82 Å². The summed E-state index contributed by atoms with van der Waals surface area (Å²) in [6, 6.07) is 4.94. The summed E-state index contributed by atoms with van der Waals surface area (Å²) in [7, 11) is 0. The number of benzene rings is 1. The van der Waals surface area contributed by atoms with Crippen molar-refractivity contribution >= 4 is 15.9 Å². The van der Waals surface area contributed by atoms with Crippen molar-refractivity contribution in [1.82, 2.24) is 0 Å². The molecule has 0 radical (unpaired) electrons. The zero-order valence-corrected chi connectivity index (χ0v) is 10.5. The third kappa shape index (κ3) is 2.81. The number of hydrogen-bond donors (Lipinski definition) is 1. The van der Waals surface area contributed by atoms with Crippen molar-refractivity contribution in [2.75, 3.05) is 13.2 Å². The van der Waals surface area contributed by atoms with Gasteiger partial charge in [-0.1, -0.05) is 22.0 Å². The lowest BCUT2D eigenvalue weighted by Crippen LogP contribution is -2.38. The fourth-order valence-electron chi connectivity index (χ4n) is 1.95. The van der Waals surface area contributed by atoms with Crippen LogP contribution in [-0.4, -0.2) is 23.9 Å². The van der Waals surface area contributed by atoms with Crippen molar-refractivity contribution in [2.45, 2.75) is 24.9 Å². The molecule has 88 valence electrons. The Kier molecular flexibility index (Phi) is 3.62. The van der Waals surface area contributed by atoms with E-state index in [2.05, 4.69) is 15.9 Å². The van der Waals surface area contributed by atoms with Crippen molar-refractivity contribution in [2.24, 2.45) is 0 Å². The van der Waals surface area contributed by atoms with Gasteiger partial charge in [0.15, 0.2) is 0 Å². The Balaban J connectivity index is 2.13. The monoisotopic (exact) mass is 288 g/mol. The lowest BCUT2D eigenvalue weighted by Gasteiger charge is -2.32. The molecule has 0 bridgehead atoms. The molecule has 2 nitrogen and oxygen atoms in total. The van der Waals surface area contributed by atoms with Crippen LogP contribution in [-0.2, 0) is 11.2 Å². The zero-order valence-electron chi connectivity index (χ0n) is 8.88. The molecule has 1 N–H and O–H groups in total. The summed E-state index contributed by atoms with van der Waals surface area (Å²) >= 11 is 3.21. The molecule has 0 saturated carbocycles. The van der Waals surface area contributed by atoms with Crippen molar-refractivity contribution in [3.8, 4) is 0 Å². The summed E-state index contributed by atoms with van der Waals surface area (Å²) < 4.78 is 19.5. The summed E-state index contributed by atoms with van der Waals surface area (Å²) in [5, 5.41) is 10.3. The van der Waals surface area contributed by atoms with Gasteiger partial charge in [-0.15, -0.1) is 0 Å². The van der Waals surface area contributed by atoms with Gasteiger partial charge in [0, 0.05) is 24.1 Å². The Morgan fingerprint density at radius 1 is 1.38 bits per heavy atom. The van der Waals surface area contributed by atoms with Crippen LogP contribution in [0.25, 0.3) is 0 Å². The molecule has 0 amide bonds. The third-order valence-corrected chi connectivity index (χ3v) is 3.45. The molecule has 0 unspecified atom stereocenters. The predicted octanol–water partition coefficient (Wildman–Crippen LogP) is 2.67. The average Bonchev–Trinajstić information content (AvgIpc) is 2.23. The molecule has 0 aliphatic carbocycles. The third-order valence-electron chi connectivity index (χ3n) is 2.96. The molecule has 1 saturated heterocycles. The van der Waals surface area contributed by atoms with Crippen LogP contribution >= 0.6 is 15.9 Å². The summed E-state index contributed by atoms with van der Waals surface area (Å²) in [5.74, 6) is -0.269. The first-order chi connectivity index (χ1) is 7.59. The van der Waals surface area contributed by atoms with Gasteiger partial charge < -0.3 is 9.84 Å². The fraction of sp³-hybridized carbons (Fsp3) is 0.500. The molecule has 1 aromatic rings. The van der Waals surface area contributed by atoms with Gasteiger partial charge >= 0.3 is 0 Å². The van der Waals surface area contributed by atoms with Crippen LogP contribution in [0.4, 0.5) is 4.39 Å². The van der Waals surface area contributed by atoms with E-state index in [1.165, 1.54) is 6.07 Å². The number of aliphatic hydroxyl groups is 1. The van der Waals surface area contributed by atoms with E-state index in [-0.39, 0.29) is 5.82 Å². The fourth-order valence-corrected chi connectivity index (χ4v) is 2.28. The lowest BCUT2D eigenvalue weighted by molar-refractivity contribution is -0.0629. The van der Waals surface area contributed by atoms with E-state index >= 15 is 0 Å². The van der Waals surface area contributed by atoms with Crippen LogP contribution in [0.3, 0.4) is 0 Å². The molecule has 4 heteroatoms. The van der Waals surface area contributed by atoms with E-state index < -0.39 is 5.60 Å². The maximum Gasteiger partial charge on any atom is 0.127 e. The van der Waals surface area contributed by atoms with E-state index in [1.54, 1.807) is 12.1 Å². The van der Waals surface area contributed by atoms with Gasteiger partial charge in [-0.05, 0) is 30.5 Å². The molecule has 1 heterocycles. The molecule has 0 aromatic heterocycles. The highest BCUT2D eigenvalue weighted by Crippen LogP contribution is 2.27. The highest BCUT2D eigenvalue weighted by Gasteiger charge is 2.30. The normalized spacial score (nSPS) is 19.7. The minimum atomic E-state index is -0.813. The Bertz CT molecular complexity index is 375. The van der Waals surface area contributed by atoms with Crippen LogP contribution in [0.15, 0.2) is 22.7 Å². The molecular formula is C12H14BrFO2. The first-order valence-electron chi connectivity index (χ1n) is 5.33. The highest BCUT2D eigenvalue weighted by molar-refractivity contribution is 9.10. The van der Waals surface area contributed by atoms with Gasteiger partial charge in [0.05, 0.1) is 5.60 Å². The second kappa shape index (κ2) is 4.82. The summed E-state index contributed by atoms with van der Waals surface area (Å²) in [5.41, 5.74) is -0.250. The van der Waals surface area contributed by atoms with Crippen LogP contribution in [0.2, 0.25) is 0 Å². The first-order valence-corrected chi connectivity index (χ1v) is 6.12. The topological polar surface area (TPSA) is 29.5 Å². The highest BCUT2D eigenvalue weighted by atomic mass is 79.9. The van der Waals surface area contributed by atoms with E-state index in [0.29, 0.717) is 42.5 Å². The summed E-state index contributed by atoms with van der Waals surface area (Å²) in [6.07, 6.45) is 1.50. The van der Waals surface area contributed by atoms with E-state index in [1.807, 2.05) is 0 Å². The van der Waals surface area contributed by atoms with Crippen LogP contribution in [0, 0.1) is 5.82 Å². The van der Waals surface area contributed by atoms with Gasteiger partial charge in [0.25, 0.3) is 0 Å². The Morgan fingerprint density at radius 3 is 2.69 bits per heavy atom. The smallest absolute Gasteiger partial charge is 0.127 e. The van der Waals surface area contributed by atoms with Crippen molar-refractivity contribution in [1.29, 1.82) is 0 Å². The second-order valence-corrected chi connectivity index (χ2v) is 5.16. The van der Waals surface area contributed by atoms with E-state index in [9.17, 15) is 9.50 Å². The van der Waals surface area contributed by atoms with Gasteiger partial charge in [-0.3, -0.25) is 0 Å². The van der Waals surface area contributed by atoms with Crippen molar-refractivity contribution < 1.29 is 14.2 Å². The van der Waals surface area contributed by atoms with Crippen molar-refractivity contribution in [3.05, 3.63) is 34.1 Å². The van der Waals surface area contributed by atoms with Gasteiger partial charge in [-0.2, -0.15) is 0 Å². The molecular weight excluding hydrogens is 275 g/mol. The van der Waals surface area contributed by atoms with Gasteiger partial charge in [0.2, 0.25) is 0 Å². The van der Waals surface area contributed by atoms with Crippen LogP contribution in [0.5, 0.6) is 0 Å². The zero-order chi connectivity index (χ0) is 11.6. The Hall–Kier alpha value is -0.450. The molecule has 2 rings (SSSR count). The first kappa shape index (κ1) is 12.0. The summed E-state index contributed by atoms with van der Waals surface area (Å²) in [4.78, 5) is 0. The molecule has 0 atom stereocenters. The minimum absolute atomic E-state index is 0.269. The number of halogens is 2. The maximum atomic E-state index is 13.6. The van der Waals surface area contributed by atoms with Gasteiger partial charge in [-0.25, -0.2) is 4.39 Å². The van der Waals surface area contributed by atoms with Crippen LogP contribution in [0.1, 0.15) is 18.4 Å². The Labute approximate surface area is 103 Å². The molecule has 16 heavy (non-hydrogen) atoms. The minimum Gasteiger partial charge on any atom is -0.389 e. The van der Waals surface area contributed by atoms with Crippen LogP contribution < -0.4 is 0 Å². The van der Waals surface area contributed by atoms with E-state index in [0.717, 1.165) is 0 Å². The quantitative estimate of drug-likeness (QED) is 0.907. The number of rotatable bonds is 2. The number of hydrogen-bond acceptors (Lipinski definition) is 2. The van der Waals surface area contributed by atoms with E-state index in [4.69, 9.17) is 4.74 Å². The SMILES string of the molecule is OC1(Cc2ccc(Br)cc2F)CCOCC1. The standard InChI is InChI=1S/C12H14BrFO2/c13-10-2-1-9(11(14)7-10)8-12(15)3-5-16-6-4-12/h1-2,7,15H,3-6,8H2. The molecule has 1 fully saturated rings. The molecule has 1 aromatic carbocycles. The Morgan fingerprint density at radius 2 is 2.06 bits per heavy atom.